The van der Waals surface area contributed by atoms with Gasteiger partial charge in [-0.15, -0.1) is 0 Å². The molecule has 2 amide bonds. The first-order chi connectivity index (χ1) is 9.80. The van der Waals surface area contributed by atoms with E-state index in [1.54, 1.807) is 14.1 Å². The molecule has 0 bridgehead atoms. The van der Waals surface area contributed by atoms with E-state index >= 15 is 0 Å². The summed E-state index contributed by atoms with van der Waals surface area (Å²) in [5, 5.41) is 5.37. The molecular formula is C15H28N4O2. The maximum Gasteiger partial charge on any atom is 0.231 e. The monoisotopic (exact) mass is 296 g/mol. The lowest BCUT2D eigenvalue weighted by molar-refractivity contribution is -0.125. The summed E-state index contributed by atoms with van der Waals surface area (Å²) < 4.78 is 0. The molecule has 2 N–H and O–H groups in total. The predicted molar refractivity (Wildman–Crippen MR) is 86.5 cm³/mol. The van der Waals surface area contributed by atoms with Crippen molar-refractivity contribution in [3.8, 4) is 0 Å². The molecule has 21 heavy (non-hydrogen) atoms. The Morgan fingerprint density at radius 3 is 1.76 bits per heavy atom. The maximum absolute atomic E-state index is 11.1. The summed E-state index contributed by atoms with van der Waals surface area (Å²) in [6.07, 6.45) is 1.51. The van der Waals surface area contributed by atoms with Crippen molar-refractivity contribution < 1.29 is 9.59 Å². The van der Waals surface area contributed by atoms with Gasteiger partial charge in [-0.05, 0) is 0 Å². The maximum atomic E-state index is 11.1. The molecule has 2 aliphatic rings. The summed E-state index contributed by atoms with van der Waals surface area (Å²) in [4.78, 5) is 29.6. The third kappa shape index (κ3) is 5.65. The lowest BCUT2D eigenvalue weighted by atomic mass is 9.92. The molecular weight excluding hydrogens is 268 g/mol. The van der Waals surface area contributed by atoms with Crippen LogP contribution in [-0.4, -0.2) is 37.6 Å². The van der Waals surface area contributed by atoms with Gasteiger partial charge in [0.2, 0.25) is 11.8 Å². The van der Waals surface area contributed by atoms with Crippen LogP contribution in [0.25, 0.3) is 0 Å². The van der Waals surface area contributed by atoms with Crippen LogP contribution in [-0.2, 0) is 9.59 Å². The van der Waals surface area contributed by atoms with Gasteiger partial charge in [0.15, 0.2) is 0 Å². The van der Waals surface area contributed by atoms with Crippen LogP contribution >= 0.6 is 0 Å². The smallest absolute Gasteiger partial charge is 0.231 e. The normalized spacial score (nSPS) is 26.5. The largest absolute Gasteiger partial charge is 0.314 e. The third-order valence-corrected chi connectivity index (χ3v) is 3.24. The molecule has 2 aliphatic heterocycles. The van der Waals surface area contributed by atoms with E-state index in [0.29, 0.717) is 0 Å². The molecule has 0 aromatic carbocycles. The number of amidine groups is 2. The summed E-state index contributed by atoms with van der Waals surface area (Å²) in [6.45, 7) is 9.73. The Bertz CT molecular complexity index is 439. The molecule has 2 saturated heterocycles. The van der Waals surface area contributed by atoms with Crippen molar-refractivity contribution in [2.75, 3.05) is 14.1 Å². The number of rotatable bonds is 0. The van der Waals surface area contributed by atoms with E-state index in [0.717, 1.165) is 24.5 Å². The molecule has 0 aromatic rings. The summed E-state index contributed by atoms with van der Waals surface area (Å²) in [5.74, 6) is 1.90. The van der Waals surface area contributed by atoms with Gasteiger partial charge in [-0.3, -0.25) is 19.6 Å². The van der Waals surface area contributed by atoms with Crippen LogP contribution in [0.15, 0.2) is 9.98 Å². The van der Waals surface area contributed by atoms with Crippen molar-refractivity contribution in [3.05, 3.63) is 0 Å². The zero-order valence-corrected chi connectivity index (χ0v) is 14.2. The Kier molecular flexibility index (Phi) is 7.84. The zero-order chi connectivity index (χ0) is 16.6. The first kappa shape index (κ1) is 19.3. The second-order valence-corrected chi connectivity index (χ2v) is 5.45. The van der Waals surface area contributed by atoms with Crippen LogP contribution < -0.4 is 10.6 Å². The fourth-order valence-electron chi connectivity index (χ4n) is 1.82. The number of amides is 2. The molecule has 6 nitrogen and oxygen atoms in total. The van der Waals surface area contributed by atoms with Crippen LogP contribution in [0.5, 0.6) is 0 Å². The second kappa shape index (κ2) is 8.54. The third-order valence-electron chi connectivity index (χ3n) is 3.24. The van der Waals surface area contributed by atoms with Crippen LogP contribution in [0.1, 0.15) is 47.5 Å². The van der Waals surface area contributed by atoms with Crippen molar-refractivity contribution in [2.24, 2.45) is 21.3 Å². The highest BCUT2D eigenvalue weighted by Gasteiger charge is 2.36. The molecule has 0 aromatic heterocycles. The van der Waals surface area contributed by atoms with Gasteiger partial charge >= 0.3 is 0 Å². The number of carbonyl (C=O) groups is 2. The summed E-state index contributed by atoms with van der Waals surface area (Å²) in [6, 6.07) is 0. The van der Waals surface area contributed by atoms with Crippen LogP contribution in [0.4, 0.5) is 0 Å². The summed E-state index contributed by atoms with van der Waals surface area (Å²) in [5.41, 5.74) is -0.255. The Morgan fingerprint density at radius 1 is 1.05 bits per heavy atom. The molecule has 2 heterocycles. The van der Waals surface area contributed by atoms with Gasteiger partial charge in [0.1, 0.15) is 11.7 Å². The van der Waals surface area contributed by atoms with E-state index in [4.69, 9.17) is 0 Å². The van der Waals surface area contributed by atoms with Crippen molar-refractivity contribution in [3.63, 3.8) is 0 Å². The Morgan fingerprint density at radius 2 is 1.57 bits per heavy atom. The van der Waals surface area contributed by atoms with Crippen molar-refractivity contribution in [2.45, 2.75) is 47.5 Å². The highest BCUT2D eigenvalue weighted by Crippen LogP contribution is 2.25. The molecule has 120 valence electrons. The first-order valence-electron chi connectivity index (χ1n) is 7.33. The molecule has 0 radical (unpaired) electrons. The standard InChI is InChI=1S/C7H12N2O.C6H10N2O.C2H6/c1-7(2)4-5(8-3)9-6(7)10;1-4-3-5(7-2)8-6(4)9;1-2/h4H2,1-3H3,(H,8,9,10);4H,3H2,1-2H3,(H,7,8,9);1-2H3. The molecule has 1 unspecified atom stereocenters. The van der Waals surface area contributed by atoms with Crippen molar-refractivity contribution in [1.29, 1.82) is 0 Å². The zero-order valence-electron chi connectivity index (χ0n) is 14.2. The highest BCUT2D eigenvalue weighted by atomic mass is 16.2. The topological polar surface area (TPSA) is 82.9 Å². The number of hydrogen-bond acceptors (Lipinski definition) is 4. The van der Waals surface area contributed by atoms with E-state index in [1.165, 1.54) is 0 Å². The van der Waals surface area contributed by atoms with Gasteiger partial charge in [-0.1, -0.05) is 34.6 Å². The van der Waals surface area contributed by atoms with Crippen LogP contribution in [0.2, 0.25) is 0 Å². The lowest BCUT2D eigenvalue weighted by Gasteiger charge is -2.09. The van der Waals surface area contributed by atoms with Gasteiger partial charge in [0.05, 0.1) is 5.41 Å². The molecule has 0 saturated carbocycles. The second-order valence-electron chi connectivity index (χ2n) is 5.45. The number of nitrogens with zero attached hydrogens (tertiary/aromatic N) is 2. The fourth-order valence-corrected chi connectivity index (χ4v) is 1.82. The Balaban J connectivity index is 0.000000342. The Hall–Kier alpha value is -1.72. The molecule has 2 fully saturated rings. The van der Waals surface area contributed by atoms with Crippen LogP contribution in [0, 0.1) is 11.3 Å². The fraction of sp³-hybridized carbons (Fsp3) is 0.733. The number of carbonyl (C=O) groups excluding carboxylic acids is 2. The van der Waals surface area contributed by atoms with E-state index in [2.05, 4.69) is 20.6 Å². The average molecular weight is 296 g/mol. The number of nitrogens with one attached hydrogen (secondary N) is 2. The van der Waals surface area contributed by atoms with Gasteiger partial charge < -0.3 is 10.6 Å². The molecule has 0 spiro atoms. The van der Waals surface area contributed by atoms with E-state index in [1.807, 2.05) is 34.6 Å². The van der Waals surface area contributed by atoms with E-state index < -0.39 is 0 Å². The van der Waals surface area contributed by atoms with Crippen molar-refractivity contribution in [1.82, 2.24) is 10.6 Å². The van der Waals surface area contributed by atoms with Crippen molar-refractivity contribution >= 4 is 23.5 Å². The molecule has 2 rings (SSSR count). The van der Waals surface area contributed by atoms with Gasteiger partial charge in [0, 0.05) is 32.9 Å². The first-order valence-corrected chi connectivity index (χ1v) is 7.33. The summed E-state index contributed by atoms with van der Waals surface area (Å²) in [7, 11) is 3.38. The highest BCUT2D eigenvalue weighted by molar-refractivity contribution is 6.07. The molecule has 6 heteroatoms. The van der Waals surface area contributed by atoms with Gasteiger partial charge in [-0.2, -0.15) is 0 Å². The Labute approximate surface area is 127 Å². The lowest BCUT2D eigenvalue weighted by Crippen LogP contribution is -2.26. The van der Waals surface area contributed by atoms with Gasteiger partial charge in [-0.25, -0.2) is 0 Å². The molecule has 1 atom stereocenters. The van der Waals surface area contributed by atoms with Gasteiger partial charge in [0.25, 0.3) is 0 Å². The predicted octanol–water partition coefficient (Wildman–Crippen LogP) is 1.76. The molecule has 0 aliphatic carbocycles. The number of hydrogen-bond donors (Lipinski definition) is 2. The minimum absolute atomic E-state index is 0.0769. The van der Waals surface area contributed by atoms with Crippen LogP contribution in [0.3, 0.4) is 0 Å². The summed E-state index contributed by atoms with van der Waals surface area (Å²) >= 11 is 0. The minimum atomic E-state index is -0.255. The quantitative estimate of drug-likeness (QED) is 0.714. The number of aliphatic imine (C=N–C) groups is 2. The minimum Gasteiger partial charge on any atom is -0.314 e. The van der Waals surface area contributed by atoms with E-state index in [9.17, 15) is 9.59 Å². The van der Waals surface area contributed by atoms with E-state index in [-0.39, 0.29) is 23.1 Å². The SMILES string of the molecule is CC.CN=C1CC(C)(C)C(=O)N1.CN=C1CC(C)C(=O)N1. The average Bonchev–Trinajstić information content (AvgIpc) is 2.92.